The average molecular weight is 249 g/mol. The number of carbonyl (C=O) groups is 1. The van der Waals surface area contributed by atoms with Gasteiger partial charge in [-0.25, -0.2) is 0 Å². The summed E-state index contributed by atoms with van der Waals surface area (Å²) in [5.74, 6) is -2.52. The molecule has 2 nitrogen and oxygen atoms in total. The first-order chi connectivity index (χ1) is 7.94. The van der Waals surface area contributed by atoms with Gasteiger partial charge in [-0.05, 0) is 11.8 Å². The fraction of sp³-hybridized carbons (Fsp3) is 0.750. The van der Waals surface area contributed by atoms with E-state index < -0.39 is 34.3 Å². The van der Waals surface area contributed by atoms with Crippen LogP contribution in [0.4, 0.5) is 13.2 Å². The van der Waals surface area contributed by atoms with Crippen molar-refractivity contribution in [1.29, 1.82) is 0 Å². The third-order valence-corrected chi connectivity index (χ3v) is 4.77. The van der Waals surface area contributed by atoms with Crippen molar-refractivity contribution in [1.82, 2.24) is 0 Å². The van der Waals surface area contributed by atoms with Gasteiger partial charge in [0.25, 0.3) is 0 Å². The maximum atomic E-state index is 13.1. The van der Waals surface area contributed by atoms with Crippen molar-refractivity contribution in [2.45, 2.75) is 39.0 Å². The predicted octanol–water partition coefficient (Wildman–Crippen LogP) is 2.47. The van der Waals surface area contributed by atoms with Gasteiger partial charge in [-0.3, -0.25) is 4.79 Å². The van der Waals surface area contributed by atoms with Gasteiger partial charge >= 0.3 is 6.18 Å². The molecule has 2 fully saturated rings. The summed E-state index contributed by atoms with van der Waals surface area (Å²) >= 11 is 0. The van der Waals surface area contributed by atoms with Crippen molar-refractivity contribution >= 4 is 5.78 Å². The summed E-state index contributed by atoms with van der Waals surface area (Å²) in [6, 6.07) is 0. The SMILES string of the molecule is [2H]C=C1CC2(C)C(=O)C(O)(C(F)(F)F)C1C2(C)C. The number of halogens is 3. The Labute approximate surface area is 98.9 Å². The highest BCUT2D eigenvalue weighted by Gasteiger charge is 2.81. The predicted molar refractivity (Wildman–Crippen MR) is 55.1 cm³/mol. The standard InChI is InChI=1S/C12H15F3O2/c1-6-5-10(4)8(16)11(17,12(13,14)15)7(6)9(10,2)3/h7,17H,1,5H2,2-4H3/i1D. The third-order valence-electron chi connectivity index (χ3n) is 4.77. The second-order valence-electron chi connectivity index (χ2n) is 5.83. The number of hydrogen-bond acceptors (Lipinski definition) is 2. The molecule has 0 radical (unpaired) electrons. The summed E-state index contributed by atoms with van der Waals surface area (Å²) in [6.07, 6.45) is -4.90. The number of carbonyl (C=O) groups excluding carboxylic acids is 1. The van der Waals surface area contributed by atoms with Crippen molar-refractivity contribution in [3.05, 3.63) is 12.1 Å². The molecule has 0 aromatic rings. The Morgan fingerprint density at radius 1 is 1.47 bits per heavy atom. The molecule has 0 heterocycles. The van der Waals surface area contributed by atoms with Crippen molar-refractivity contribution in [2.24, 2.45) is 16.7 Å². The Balaban J connectivity index is 2.73. The minimum Gasteiger partial charge on any atom is -0.374 e. The number of fused-ring (bicyclic) bond motifs is 2. The van der Waals surface area contributed by atoms with E-state index in [1.807, 2.05) is 0 Å². The number of alkyl halides is 3. The van der Waals surface area contributed by atoms with Gasteiger partial charge in [0.15, 0.2) is 5.78 Å². The van der Waals surface area contributed by atoms with Crippen LogP contribution >= 0.6 is 0 Å². The van der Waals surface area contributed by atoms with E-state index in [1.54, 1.807) is 13.8 Å². The van der Waals surface area contributed by atoms with Crippen molar-refractivity contribution in [3.63, 3.8) is 0 Å². The van der Waals surface area contributed by atoms with E-state index >= 15 is 0 Å². The van der Waals surface area contributed by atoms with Gasteiger partial charge in [0, 0.05) is 11.3 Å². The number of Topliss-reactive ketones (excluding diaryl/α,β-unsaturated/α-hetero) is 1. The molecule has 3 unspecified atom stereocenters. The summed E-state index contributed by atoms with van der Waals surface area (Å²) in [5, 5.41) is 9.99. The van der Waals surface area contributed by atoms with Crippen LogP contribution in [0.15, 0.2) is 12.1 Å². The first-order valence-electron chi connectivity index (χ1n) is 5.93. The minimum absolute atomic E-state index is 0.116. The van der Waals surface area contributed by atoms with Gasteiger partial charge in [-0.15, -0.1) is 0 Å². The molecule has 17 heavy (non-hydrogen) atoms. The lowest BCUT2D eigenvalue weighted by molar-refractivity contribution is -0.262. The van der Waals surface area contributed by atoms with E-state index in [1.165, 1.54) is 6.92 Å². The van der Waals surface area contributed by atoms with Gasteiger partial charge in [-0.1, -0.05) is 32.9 Å². The Hall–Kier alpha value is -0.840. The maximum Gasteiger partial charge on any atom is 0.425 e. The Morgan fingerprint density at radius 3 is 2.35 bits per heavy atom. The smallest absolute Gasteiger partial charge is 0.374 e. The van der Waals surface area contributed by atoms with Crippen LogP contribution in [-0.4, -0.2) is 22.7 Å². The lowest BCUT2D eigenvalue weighted by Gasteiger charge is -2.35. The molecule has 1 N–H and O–H groups in total. The molecule has 3 atom stereocenters. The lowest BCUT2D eigenvalue weighted by Crippen LogP contribution is -2.57. The van der Waals surface area contributed by atoms with E-state index in [9.17, 15) is 23.1 Å². The molecule has 0 aromatic carbocycles. The van der Waals surface area contributed by atoms with Crippen LogP contribution in [0.1, 0.15) is 28.6 Å². The number of rotatable bonds is 0. The lowest BCUT2D eigenvalue weighted by atomic mass is 9.70. The zero-order valence-electron chi connectivity index (χ0n) is 10.9. The molecule has 2 aliphatic rings. The molecule has 2 bridgehead atoms. The zero-order chi connectivity index (χ0) is 14.1. The molecule has 0 aliphatic heterocycles. The Morgan fingerprint density at radius 2 is 2.00 bits per heavy atom. The molecule has 5 heteroatoms. The number of aliphatic hydroxyl groups is 1. The first kappa shape index (κ1) is 11.3. The van der Waals surface area contributed by atoms with E-state index in [0.29, 0.717) is 0 Å². The highest BCUT2D eigenvalue weighted by atomic mass is 19.4. The molecule has 2 rings (SSSR count). The number of hydrogen-bond donors (Lipinski definition) is 1. The van der Waals surface area contributed by atoms with Crippen LogP contribution in [0.2, 0.25) is 0 Å². The van der Waals surface area contributed by atoms with Crippen molar-refractivity contribution in [3.8, 4) is 0 Å². The normalized spacial score (nSPS) is 47.7. The summed E-state index contributed by atoms with van der Waals surface area (Å²) in [4.78, 5) is 12.1. The van der Waals surface area contributed by atoms with E-state index in [-0.39, 0.29) is 12.0 Å². The van der Waals surface area contributed by atoms with E-state index in [4.69, 9.17) is 1.37 Å². The molecule has 0 amide bonds. The summed E-state index contributed by atoms with van der Waals surface area (Å²) < 4.78 is 46.6. The van der Waals surface area contributed by atoms with Gasteiger partial charge in [0.2, 0.25) is 5.60 Å². The topological polar surface area (TPSA) is 37.3 Å². The molecule has 0 aromatic heterocycles. The van der Waals surface area contributed by atoms with Gasteiger partial charge in [0.05, 0.1) is 1.37 Å². The molecular formula is C12H15F3O2. The second-order valence-corrected chi connectivity index (χ2v) is 5.83. The molecule has 0 spiro atoms. The first-order valence-corrected chi connectivity index (χ1v) is 5.36. The monoisotopic (exact) mass is 249 g/mol. The van der Waals surface area contributed by atoms with Crippen LogP contribution in [-0.2, 0) is 4.79 Å². The van der Waals surface area contributed by atoms with Crippen LogP contribution in [0, 0.1) is 16.7 Å². The van der Waals surface area contributed by atoms with Crippen LogP contribution in [0.25, 0.3) is 0 Å². The van der Waals surface area contributed by atoms with E-state index in [2.05, 4.69) is 0 Å². The van der Waals surface area contributed by atoms with Gasteiger partial charge in [0.1, 0.15) is 0 Å². The fourth-order valence-corrected chi connectivity index (χ4v) is 3.53. The van der Waals surface area contributed by atoms with E-state index in [0.717, 1.165) is 6.55 Å². The molecule has 2 aliphatic carbocycles. The Kier molecular flexibility index (Phi) is 1.83. The highest BCUT2D eigenvalue weighted by molar-refractivity contribution is 5.99. The number of ketones is 1. The summed E-state index contributed by atoms with van der Waals surface area (Å²) in [7, 11) is 0. The summed E-state index contributed by atoms with van der Waals surface area (Å²) in [6.45, 7) is 5.40. The van der Waals surface area contributed by atoms with Gasteiger partial charge in [-0.2, -0.15) is 13.2 Å². The highest BCUT2D eigenvalue weighted by Crippen LogP contribution is 2.71. The molecule has 96 valence electrons. The zero-order valence-corrected chi connectivity index (χ0v) is 9.85. The maximum absolute atomic E-state index is 13.1. The van der Waals surface area contributed by atoms with Gasteiger partial charge < -0.3 is 5.11 Å². The van der Waals surface area contributed by atoms with Crippen LogP contribution in [0.3, 0.4) is 0 Å². The fourth-order valence-electron chi connectivity index (χ4n) is 3.53. The quantitative estimate of drug-likeness (QED) is 0.670. The second kappa shape index (κ2) is 2.76. The average Bonchev–Trinajstić information content (AvgIpc) is 2.49. The van der Waals surface area contributed by atoms with Crippen molar-refractivity contribution in [2.75, 3.05) is 0 Å². The molecule has 2 saturated carbocycles. The summed E-state index contributed by atoms with van der Waals surface area (Å²) in [5.41, 5.74) is -5.44. The van der Waals surface area contributed by atoms with Crippen LogP contribution in [0.5, 0.6) is 0 Å². The van der Waals surface area contributed by atoms with Crippen molar-refractivity contribution < 1.29 is 24.4 Å². The third kappa shape index (κ3) is 1.04. The molecule has 0 saturated heterocycles. The largest absolute Gasteiger partial charge is 0.425 e. The molecular weight excluding hydrogens is 233 g/mol. The Bertz CT molecular complexity index is 455. The minimum atomic E-state index is -5.02. The van der Waals surface area contributed by atoms with Crippen LogP contribution < -0.4 is 0 Å².